The van der Waals surface area contributed by atoms with E-state index in [2.05, 4.69) is 10.6 Å². The van der Waals surface area contributed by atoms with Gasteiger partial charge < -0.3 is 10.6 Å². The minimum atomic E-state index is 0.00727. The van der Waals surface area contributed by atoms with Crippen LogP contribution in [0, 0.1) is 5.92 Å². The van der Waals surface area contributed by atoms with Crippen molar-refractivity contribution in [2.24, 2.45) is 5.92 Å². The molecule has 1 aliphatic rings. The maximum atomic E-state index is 11.6. The lowest BCUT2D eigenvalue weighted by Crippen LogP contribution is -2.19. The second-order valence-corrected chi connectivity index (χ2v) is 6.08. The Bertz CT molecular complexity index is 414. The van der Waals surface area contributed by atoms with Crippen LogP contribution in [0.3, 0.4) is 0 Å². The summed E-state index contributed by atoms with van der Waals surface area (Å²) in [5.74, 6) is 2.47. The van der Waals surface area contributed by atoms with Crippen molar-refractivity contribution >= 4 is 29.0 Å². The van der Waals surface area contributed by atoms with Crippen LogP contribution in [0.1, 0.15) is 20.3 Å². The predicted molar refractivity (Wildman–Crippen MR) is 79.3 cm³/mol. The van der Waals surface area contributed by atoms with E-state index < -0.39 is 0 Å². The number of benzene rings is 1. The molecule has 0 aliphatic carbocycles. The van der Waals surface area contributed by atoms with Gasteiger partial charge in [-0.15, -0.1) is 0 Å². The van der Waals surface area contributed by atoms with E-state index in [1.165, 1.54) is 17.9 Å². The van der Waals surface area contributed by atoms with E-state index in [0.29, 0.717) is 6.04 Å². The second kappa shape index (κ2) is 6.14. The molecule has 1 fully saturated rings. The largest absolute Gasteiger partial charge is 0.381 e. The number of carbonyl (C=O) groups is 1. The summed E-state index contributed by atoms with van der Waals surface area (Å²) in [6.07, 6.45) is 1.22. The third-order valence-electron chi connectivity index (χ3n) is 2.95. The smallest absolute Gasteiger partial charge is 0.226 e. The fourth-order valence-electron chi connectivity index (χ4n) is 1.86. The molecule has 4 heteroatoms. The summed E-state index contributed by atoms with van der Waals surface area (Å²) in [5, 5.41) is 6.43. The molecule has 0 aromatic heterocycles. The van der Waals surface area contributed by atoms with Gasteiger partial charge >= 0.3 is 0 Å². The standard InChI is InChI=1S/C14H20N2OS/c1-10(2)14(17)16-12-5-3-4-11(8-12)15-13-6-7-18-9-13/h3-5,8,10,13,15H,6-7,9H2,1-2H3,(H,16,17). The van der Waals surface area contributed by atoms with Gasteiger partial charge in [0.15, 0.2) is 0 Å². The minimum Gasteiger partial charge on any atom is -0.381 e. The van der Waals surface area contributed by atoms with Gasteiger partial charge in [-0.05, 0) is 30.4 Å². The lowest BCUT2D eigenvalue weighted by Gasteiger charge is -2.14. The maximum absolute atomic E-state index is 11.6. The Labute approximate surface area is 113 Å². The first-order valence-electron chi connectivity index (χ1n) is 6.40. The van der Waals surface area contributed by atoms with Crippen molar-refractivity contribution in [1.29, 1.82) is 0 Å². The maximum Gasteiger partial charge on any atom is 0.226 e. The first kappa shape index (κ1) is 13.3. The third-order valence-corrected chi connectivity index (χ3v) is 4.12. The monoisotopic (exact) mass is 264 g/mol. The molecule has 1 atom stereocenters. The van der Waals surface area contributed by atoms with Crippen LogP contribution in [0.2, 0.25) is 0 Å². The number of amides is 1. The molecule has 1 unspecified atom stereocenters. The fraction of sp³-hybridized carbons (Fsp3) is 0.500. The van der Waals surface area contributed by atoms with Gasteiger partial charge in [-0.1, -0.05) is 19.9 Å². The van der Waals surface area contributed by atoms with Crippen LogP contribution in [0.5, 0.6) is 0 Å². The van der Waals surface area contributed by atoms with Gasteiger partial charge in [-0.25, -0.2) is 0 Å². The SMILES string of the molecule is CC(C)C(=O)Nc1cccc(NC2CCSC2)c1. The number of nitrogens with one attached hydrogen (secondary N) is 2. The summed E-state index contributed by atoms with van der Waals surface area (Å²) in [7, 11) is 0. The molecule has 2 rings (SSSR count). The molecule has 1 heterocycles. The zero-order chi connectivity index (χ0) is 13.0. The zero-order valence-corrected chi connectivity index (χ0v) is 11.7. The molecule has 98 valence electrons. The van der Waals surface area contributed by atoms with Crippen molar-refractivity contribution in [1.82, 2.24) is 0 Å². The van der Waals surface area contributed by atoms with Crippen molar-refractivity contribution in [3.05, 3.63) is 24.3 Å². The molecule has 0 spiro atoms. The summed E-state index contributed by atoms with van der Waals surface area (Å²) < 4.78 is 0. The van der Waals surface area contributed by atoms with E-state index in [1.807, 2.05) is 49.9 Å². The van der Waals surface area contributed by atoms with Gasteiger partial charge in [0, 0.05) is 29.1 Å². The summed E-state index contributed by atoms with van der Waals surface area (Å²) in [5.41, 5.74) is 1.95. The Morgan fingerprint density at radius 1 is 1.39 bits per heavy atom. The fourth-order valence-corrected chi connectivity index (χ4v) is 3.01. The highest BCUT2D eigenvalue weighted by molar-refractivity contribution is 7.99. The van der Waals surface area contributed by atoms with E-state index in [0.717, 1.165) is 11.4 Å². The van der Waals surface area contributed by atoms with Gasteiger partial charge in [0.05, 0.1) is 0 Å². The third kappa shape index (κ3) is 3.67. The highest BCUT2D eigenvalue weighted by Gasteiger charge is 2.15. The van der Waals surface area contributed by atoms with Gasteiger partial charge in [0.25, 0.3) is 0 Å². The lowest BCUT2D eigenvalue weighted by molar-refractivity contribution is -0.118. The van der Waals surface area contributed by atoms with Crippen LogP contribution in [0.4, 0.5) is 11.4 Å². The molecular weight excluding hydrogens is 244 g/mol. The van der Waals surface area contributed by atoms with Crippen molar-refractivity contribution < 1.29 is 4.79 Å². The average molecular weight is 264 g/mol. The summed E-state index contributed by atoms with van der Waals surface area (Å²) in [6, 6.07) is 8.51. The van der Waals surface area contributed by atoms with Crippen LogP contribution < -0.4 is 10.6 Å². The van der Waals surface area contributed by atoms with Crippen LogP contribution in [0.25, 0.3) is 0 Å². The normalized spacial score (nSPS) is 18.9. The zero-order valence-electron chi connectivity index (χ0n) is 10.9. The molecule has 0 bridgehead atoms. The van der Waals surface area contributed by atoms with Gasteiger partial charge in [-0.3, -0.25) is 4.79 Å². The molecule has 1 amide bonds. The van der Waals surface area contributed by atoms with E-state index in [9.17, 15) is 4.79 Å². The van der Waals surface area contributed by atoms with Crippen LogP contribution in [-0.4, -0.2) is 23.5 Å². The Morgan fingerprint density at radius 3 is 2.83 bits per heavy atom. The molecule has 1 aromatic carbocycles. The molecule has 0 radical (unpaired) electrons. The van der Waals surface area contributed by atoms with E-state index in [4.69, 9.17) is 0 Å². The quantitative estimate of drug-likeness (QED) is 0.877. The number of carbonyl (C=O) groups excluding carboxylic acids is 1. The molecule has 1 aliphatic heterocycles. The van der Waals surface area contributed by atoms with Crippen LogP contribution >= 0.6 is 11.8 Å². The number of hydrogen-bond acceptors (Lipinski definition) is 3. The molecule has 18 heavy (non-hydrogen) atoms. The molecule has 1 saturated heterocycles. The van der Waals surface area contributed by atoms with E-state index in [1.54, 1.807) is 0 Å². The van der Waals surface area contributed by atoms with Gasteiger partial charge in [-0.2, -0.15) is 11.8 Å². The summed E-state index contributed by atoms with van der Waals surface area (Å²) >= 11 is 1.99. The van der Waals surface area contributed by atoms with Crippen molar-refractivity contribution in [2.75, 3.05) is 22.1 Å². The first-order valence-corrected chi connectivity index (χ1v) is 7.56. The molecule has 1 aromatic rings. The van der Waals surface area contributed by atoms with Gasteiger partial charge in [0.1, 0.15) is 0 Å². The lowest BCUT2D eigenvalue weighted by atomic mass is 10.2. The van der Waals surface area contributed by atoms with Crippen molar-refractivity contribution in [3.8, 4) is 0 Å². The Balaban J connectivity index is 1.98. The number of anilines is 2. The Morgan fingerprint density at radius 2 is 2.17 bits per heavy atom. The van der Waals surface area contributed by atoms with E-state index >= 15 is 0 Å². The molecule has 0 saturated carbocycles. The highest BCUT2D eigenvalue weighted by atomic mass is 32.2. The number of rotatable bonds is 4. The van der Waals surface area contributed by atoms with Crippen molar-refractivity contribution in [2.45, 2.75) is 26.3 Å². The summed E-state index contributed by atoms with van der Waals surface area (Å²) in [6.45, 7) is 3.79. The molecular formula is C14H20N2OS. The number of thioether (sulfide) groups is 1. The van der Waals surface area contributed by atoms with Crippen LogP contribution in [0.15, 0.2) is 24.3 Å². The topological polar surface area (TPSA) is 41.1 Å². The first-order chi connectivity index (χ1) is 8.65. The van der Waals surface area contributed by atoms with Crippen LogP contribution in [-0.2, 0) is 4.79 Å². The molecule has 2 N–H and O–H groups in total. The second-order valence-electron chi connectivity index (χ2n) is 4.93. The summed E-state index contributed by atoms with van der Waals surface area (Å²) in [4.78, 5) is 11.6. The molecule has 3 nitrogen and oxygen atoms in total. The Kier molecular flexibility index (Phi) is 4.53. The average Bonchev–Trinajstić information content (AvgIpc) is 2.82. The minimum absolute atomic E-state index is 0.00727. The highest BCUT2D eigenvalue weighted by Crippen LogP contribution is 2.23. The van der Waals surface area contributed by atoms with Crippen molar-refractivity contribution in [3.63, 3.8) is 0 Å². The Hall–Kier alpha value is -1.16. The predicted octanol–water partition coefficient (Wildman–Crippen LogP) is 3.20. The van der Waals surface area contributed by atoms with Gasteiger partial charge in [0.2, 0.25) is 5.91 Å². The van der Waals surface area contributed by atoms with E-state index in [-0.39, 0.29) is 11.8 Å². The number of hydrogen-bond donors (Lipinski definition) is 2.